The lowest BCUT2D eigenvalue weighted by Crippen LogP contribution is -2.46. The van der Waals surface area contributed by atoms with Crippen molar-refractivity contribution in [2.75, 3.05) is 40.7 Å². The molecule has 0 amide bonds. The van der Waals surface area contributed by atoms with E-state index in [1.807, 2.05) is 18.2 Å². The smallest absolute Gasteiger partial charge is 0.261 e. The van der Waals surface area contributed by atoms with Crippen LogP contribution in [0.15, 0.2) is 77.8 Å². The molecule has 150 valence electrons. The minimum Gasteiger partial charge on any atom is -0.368 e. The third-order valence-corrected chi connectivity index (χ3v) is 6.25. The maximum absolute atomic E-state index is 13.0. The number of para-hydroxylation sites is 1. The number of rotatable bonds is 5. The van der Waals surface area contributed by atoms with Crippen molar-refractivity contribution in [2.24, 2.45) is 0 Å². The molecule has 1 saturated heterocycles. The van der Waals surface area contributed by atoms with Crippen molar-refractivity contribution >= 4 is 27.2 Å². The SMILES string of the molecule is O=S(=O)(Nc1ccc(N2CCN(c3ccccc3)CC2)nc1)c1ccc(F)cc1. The molecule has 0 atom stereocenters. The third-order valence-electron chi connectivity index (χ3n) is 4.85. The Morgan fingerprint density at radius 3 is 2.10 bits per heavy atom. The molecule has 1 N–H and O–H groups in total. The summed E-state index contributed by atoms with van der Waals surface area (Å²) in [6, 6.07) is 18.5. The molecule has 0 saturated carbocycles. The zero-order chi connectivity index (χ0) is 20.3. The van der Waals surface area contributed by atoms with Crippen LogP contribution in [0.2, 0.25) is 0 Å². The van der Waals surface area contributed by atoms with Crippen LogP contribution in [0.5, 0.6) is 0 Å². The van der Waals surface area contributed by atoms with E-state index in [0.29, 0.717) is 5.69 Å². The highest BCUT2D eigenvalue weighted by atomic mass is 32.2. The van der Waals surface area contributed by atoms with Crippen molar-refractivity contribution in [2.45, 2.75) is 4.90 Å². The molecule has 1 aromatic heterocycles. The average molecular weight is 412 g/mol. The first-order valence-electron chi connectivity index (χ1n) is 9.31. The Hall–Kier alpha value is -3.13. The monoisotopic (exact) mass is 412 g/mol. The standard InChI is InChI=1S/C21H21FN4O2S/c22-17-6-9-20(10-7-17)29(27,28)24-18-8-11-21(23-16-18)26-14-12-25(13-15-26)19-4-2-1-3-5-19/h1-11,16,24H,12-15H2. The average Bonchev–Trinajstić information content (AvgIpc) is 2.75. The minimum absolute atomic E-state index is 0.00000964. The maximum atomic E-state index is 13.0. The second kappa shape index (κ2) is 8.08. The number of piperazine rings is 1. The number of benzene rings is 2. The predicted molar refractivity (Wildman–Crippen MR) is 112 cm³/mol. The van der Waals surface area contributed by atoms with Gasteiger partial charge in [-0.25, -0.2) is 17.8 Å². The zero-order valence-corrected chi connectivity index (χ0v) is 16.5. The van der Waals surface area contributed by atoms with Gasteiger partial charge in [-0.1, -0.05) is 18.2 Å². The highest BCUT2D eigenvalue weighted by Gasteiger charge is 2.19. The van der Waals surface area contributed by atoms with E-state index in [1.54, 1.807) is 12.1 Å². The van der Waals surface area contributed by atoms with Crippen LogP contribution < -0.4 is 14.5 Å². The third kappa shape index (κ3) is 4.48. The fourth-order valence-electron chi connectivity index (χ4n) is 3.29. The van der Waals surface area contributed by atoms with E-state index in [-0.39, 0.29) is 4.90 Å². The summed E-state index contributed by atoms with van der Waals surface area (Å²) in [7, 11) is -3.78. The van der Waals surface area contributed by atoms with E-state index in [9.17, 15) is 12.8 Å². The molecule has 29 heavy (non-hydrogen) atoms. The van der Waals surface area contributed by atoms with Gasteiger partial charge in [0.25, 0.3) is 10.0 Å². The van der Waals surface area contributed by atoms with Gasteiger partial charge in [-0.2, -0.15) is 0 Å². The van der Waals surface area contributed by atoms with Crippen LogP contribution in [-0.4, -0.2) is 39.6 Å². The van der Waals surface area contributed by atoms with Crippen molar-refractivity contribution in [3.63, 3.8) is 0 Å². The summed E-state index contributed by atoms with van der Waals surface area (Å²) in [5.41, 5.74) is 1.58. The van der Waals surface area contributed by atoms with Crippen LogP contribution in [0.3, 0.4) is 0 Å². The molecular formula is C21H21FN4O2S. The number of sulfonamides is 1. The van der Waals surface area contributed by atoms with Crippen molar-refractivity contribution in [1.29, 1.82) is 0 Å². The minimum atomic E-state index is -3.78. The Morgan fingerprint density at radius 1 is 0.828 bits per heavy atom. The molecule has 6 nitrogen and oxygen atoms in total. The predicted octanol–water partition coefficient (Wildman–Crippen LogP) is 3.35. The molecule has 0 spiro atoms. The van der Waals surface area contributed by atoms with Gasteiger partial charge >= 0.3 is 0 Å². The maximum Gasteiger partial charge on any atom is 0.261 e. The number of hydrogen-bond acceptors (Lipinski definition) is 5. The van der Waals surface area contributed by atoms with Crippen LogP contribution in [0.25, 0.3) is 0 Å². The molecule has 4 rings (SSSR count). The van der Waals surface area contributed by atoms with Gasteiger partial charge in [0, 0.05) is 31.9 Å². The van der Waals surface area contributed by atoms with Crippen LogP contribution in [0, 0.1) is 5.82 Å². The normalized spacial score (nSPS) is 14.7. The molecule has 2 heterocycles. The van der Waals surface area contributed by atoms with E-state index in [0.717, 1.165) is 44.1 Å². The van der Waals surface area contributed by atoms with Crippen LogP contribution in [-0.2, 0) is 10.0 Å². The Labute approximate surface area is 169 Å². The van der Waals surface area contributed by atoms with E-state index in [2.05, 4.69) is 31.6 Å². The van der Waals surface area contributed by atoms with Crippen LogP contribution in [0.4, 0.5) is 21.6 Å². The lowest BCUT2D eigenvalue weighted by molar-refractivity contribution is 0.599. The largest absolute Gasteiger partial charge is 0.368 e. The first kappa shape index (κ1) is 19.2. The number of nitrogens with one attached hydrogen (secondary N) is 1. The van der Waals surface area contributed by atoms with Gasteiger partial charge in [0.05, 0.1) is 16.8 Å². The van der Waals surface area contributed by atoms with Gasteiger partial charge in [-0.05, 0) is 48.5 Å². The van der Waals surface area contributed by atoms with Gasteiger partial charge in [0.2, 0.25) is 0 Å². The Morgan fingerprint density at radius 2 is 1.48 bits per heavy atom. The summed E-state index contributed by atoms with van der Waals surface area (Å²) in [4.78, 5) is 8.93. The summed E-state index contributed by atoms with van der Waals surface area (Å²) in [6.45, 7) is 3.46. The molecule has 1 aliphatic rings. The zero-order valence-electron chi connectivity index (χ0n) is 15.7. The highest BCUT2D eigenvalue weighted by Crippen LogP contribution is 2.21. The number of hydrogen-bond donors (Lipinski definition) is 1. The number of halogens is 1. The summed E-state index contributed by atoms with van der Waals surface area (Å²) < 4.78 is 40.3. The second-order valence-electron chi connectivity index (χ2n) is 6.77. The molecule has 8 heteroatoms. The summed E-state index contributed by atoms with van der Waals surface area (Å²) >= 11 is 0. The first-order chi connectivity index (χ1) is 14.0. The van der Waals surface area contributed by atoms with Crippen molar-refractivity contribution < 1.29 is 12.8 Å². The summed E-state index contributed by atoms with van der Waals surface area (Å²) in [5, 5.41) is 0. The molecule has 0 bridgehead atoms. The van der Waals surface area contributed by atoms with Gasteiger partial charge in [-0.15, -0.1) is 0 Å². The van der Waals surface area contributed by atoms with Crippen LogP contribution >= 0.6 is 0 Å². The molecule has 1 aliphatic heterocycles. The molecule has 0 aliphatic carbocycles. The second-order valence-corrected chi connectivity index (χ2v) is 8.46. The van der Waals surface area contributed by atoms with E-state index < -0.39 is 15.8 Å². The fourth-order valence-corrected chi connectivity index (χ4v) is 4.34. The van der Waals surface area contributed by atoms with Crippen molar-refractivity contribution in [1.82, 2.24) is 4.98 Å². The van der Waals surface area contributed by atoms with Gasteiger partial charge < -0.3 is 9.80 Å². The molecule has 2 aromatic carbocycles. The van der Waals surface area contributed by atoms with Crippen LogP contribution in [0.1, 0.15) is 0 Å². The van der Waals surface area contributed by atoms with Crippen molar-refractivity contribution in [3.8, 4) is 0 Å². The number of nitrogens with zero attached hydrogens (tertiary/aromatic N) is 3. The number of anilines is 3. The Balaban J connectivity index is 1.39. The molecule has 0 unspecified atom stereocenters. The van der Waals surface area contributed by atoms with Gasteiger partial charge in [0.15, 0.2) is 0 Å². The number of pyridine rings is 1. The lowest BCUT2D eigenvalue weighted by Gasteiger charge is -2.36. The Kier molecular flexibility index (Phi) is 5.35. The van der Waals surface area contributed by atoms with Crippen molar-refractivity contribution in [3.05, 3.63) is 78.7 Å². The first-order valence-corrected chi connectivity index (χ1v) is 10.8. The molecule has 3 aromatic rings. The fraction of sp³-hybridized carbons (Fsp3) is 0.190. The Bertz CT molecular complexity index is 1050. The summed E-state index contributed by atoms with van der Waals surface area (Å²) in [5.74, 6) is 0.324. The molecular weight excluding hydrogens is 391 g/mol. The van der Waals surface area contributed by atoms with E-state index in [1.165, 1.54) is 24.0 Å². The molecule has 0 radical (unpaired) electrons. The van der Waals surface area contributed by atoms with Gasteiger partial charge in [-0.3, -0.25) is 4.72 Å². The molecule has 1 fully saturated rings. The van der Waals surface area contributed by atoms with E-state index >= 15 is 0 Å². The lowest BCUT2D eigenvalue weighted by atomic mass is 10.2. The topological polar surface area (TPSA) is 65.5 Å². The summed E-state index contributed by atoms with van der Waals surface area (Å²) in [6.07, 6.45) is 1.50. The highest BCUT2D eigenvalue weighted by molar-refractivity contribution is 7.92. The van der Waals surface area contributed by atoms with E-state index in [4.69, 9.17) is 0 Å². The quantitative estimate of drug-likeness (QED) is 0.696. The van der Waals surface area contributed by atoms with Gasteiger partial charge in [0.1, 0.15) is 11.6 Å². The number of aromatic nitrogens is 1.